The molecule has 1 aliphatic heterocycles. The number of ether oxygens (including phenoxy) is 1. The first-order valence-electron chi connectivity index (χ1n) is 2.52. The summed E-state index contributed by atoms with van der Waals surface area (Å²) in [7, 11) is 3.62. The molecule has 1 unspecified atom stereocenters. The van der Waals surface area contributed by atoms with Gasteiger partial charge in [0.05, 0.1) is 0 Å². The van der Waals surface area contributed by atoms with Gasteiger partial charge in [0.2, 0.25) is 6.35 Å². The molecule has 1 atom stereocenters. The Bertz CT molecular complexity index is 103. The fourth-order valence-corrected chi connectivity index (χ4v) is 0.673. The first-order valence-corrected chi connectivity index (χ1v) is 2.52. The van der Waals surface area contributed by atoms with E-state index in [0.29, 0.717) is 0 Å². The van der Waals surface area contributed by atoms with Crippen LogP contribution in [0.25, 0.3) is 0 Å². The van der Waals surface area contributed by atoms with Crippen LogP contribution in [0.15, 0.2) is 12.4 Å². The van der Waals surface area contributed by atoms with Gasteiger partial charge in [0.25, 0.3) is 0 Å². The molecule has 3 heteroatoms. The van der Waals surface area contributed by atoms with Crippen molar-refractivity contribution < 1.29 is 4.74 Å². The zero-order valence-electron chi connectivity index (χ0n) is 5.09. The molecule has 0 saturated heterocycles. The van der Waals surface area contributed by atoms with E-state index in [1.165, 1.54) is 0 Å². The lowest BCUT2D eigenvalue weighted by Crippen LogP contribution is -2.33. The Morgan fingerprint density at radius 2 is 2.50 bits per heavy atom. The van der Waals surface area contributed by atoms with E-state index in [-0.39, 0.29) is 6.35 Å². The number of hydrogen-bond acceptors (Lipinski definition) is 3. The lowest BCUT2D eigenvalue weighted by atomic mass is 10.8. The Labute approximate surface area is 48.9 Å². The van der Waals surface area contributed by atoms with Crippen molar-refractivity contribution in [1.29, 1.82) is 0 Å². The second kappa shape index (κ2) is 2.05. The molecule has 0 radical (unpaired) electrons. The highest BCUT2D eigenvalue weighted by molar-refractivity contribution is 4.87. The highest BCUT2D eigenvalue weighted by atomic mass is 16.5. The van der Waals surface area contributed by atoms with Gasteiger partial charge in [0, 0.05) is 26.6 Å². The maximum Gasteiger partial charge on any atom is 0.206 e. The number of nitrogens with zero attached hydrogens (tertiary/aromatic N) is 1. The quantitative estimate of drug-likeness (QED) is 0.516. The summed E-state index contributed by atoms with van der Waals surface area (Å²) in [6.45, 7) is 0. The van der Waals surface area contributed by atoms with E-state index in [2.05, 4.69) is 5.32 Å². The molecule has 0 fully saturated rings. The van der Waals surface area contributed by atoms with Gasteiger partial charge in [-0.05, 0) is 0 Å². The van der Waals surface area contributed by atoms with Crippen LogP contribution in [0.5, 0.6) is 0 Å². The molecule has 0 aromatic carbocycles. The van der Waals surface area contributed by atoms with E-state index in [0.717, 1.165) is 0 Å². The van der Waals surface area contributed by atoms with E-state index in [1.54, 1.807) is 7.11 Å². The van der Waals surface area contributed by atoms with Crippen LogP contribution in [0.4, 0.5) is 0 Å². The lowest BCUT2D eigenvalue weighted by Gasteiger charge is -2.17. The smallest absolute Gasteiger partial charge is 0.206 e. The molecule has 1 rings (SSSR count). The molecule has 0 aliphatic carbocycles. The van der Waals surface area contributed by atoms with Crippen LogP contribution in [0.1, 0.15) is 0 Å². The van der Waals surface area contributed by atoms with E-state index in [1.807, 2.05) is 24.3 Å². The Morgan fingerprint density at radius 1 is 1.75 bits per heavy atom. The van der Waals surface area contributed by atoms with Crippen molar-refractivity contribution in [2.45, 2.75) is 6.35 Å². The summed E-state index contributed by atoms with van der Waals surface area (Å²) in [5.74, 6) is 0. The molecule has 46 valence electrons. The molecule has 1 N–H and O–H groups in total. The molecule has 0 bridgehead atoms. The van der Waals surface area contributed by atoms with Crippen LogP contribution in [0.3, 0.4) is 0 Å². The fraction of sp³-hybridized carbons (Fsp3) is 0.600. The number of rotatable bonds is 1. The largest absolute Gasteiger partial charge is 0.348 e. The third-order valence-electron chi connectivity index (χ3n) is 1.14. The van der Waals surface area contributed by atoms with Crippen LogP contribution in [0.2, 0.25) is 0 Å². The second-order valence-electron chi connectivity index (χ2n) is 1.74. The Hall–Kier alpha value is -0.700. The van der Waals surface area contributed by atoms with Crippen molar-refractivity contribution in [3.05, 3.63) is 12.4 Å². The van der Waals surface area contributed by atoms with Crippen LogP contribution in [-0.2, 0) is 4.74 Å². The summed E-state index contributed by atoms with van der Waals surface area (Å²) in [4.78, 5) is 1.94. The number of nitrogens with one attached hydrogen (secondary N) is 1. The normalized spacial score (nSPS) is 26.2. The first kappa shape index (κ1) is 5.44. The Kier molecular flexibility index (Phi) is 1.39. The summed E-state index contributed by atoms with van der Waals surface area (Å²) in [5.41, 5.74) is 0. The summed E-state index contributed by atoms with van der Waals surface area (Å²) in [6.07, 6.45) is 3.82. The van der Waals surface area contributed by atoms with E-state index in [4.69, 9.17) is 4.74 Å². The lowest BCUT2D eigenvalue weighted by molar-refractivity contribution is 0.00471. The fourth-order valence-electron chi connectivity index (χ4n) is 0.673. The number of methoxy groups -OCH3 is 1. The van der Waals surface area contributed by atoms with Gasteiger partial charge in [-0.3, -0.25) is 0 Å². The minimum absolute atomic E-state index is 0.0370. The minimum atomic E-state index is 0.0370. The van der Waals surface area contributed by atoms with Crippen molar-refractivity contribution in [2.75, 3.05) is 14.2 Å². The SMILES string of the molecule is COC1NC=CN1C. The number of hydrogen-bond donors (Lipinski definition) is 1. The molecule has 3 nitrogen and oxygen atoms in total. The summed E-state index contributed by atoms with van der Waals surface area (Å²) < 4.78 is 4.98. The maximum atomic E-state index is 4.98. The van der Waals surface area contributed by atoms with Gasteiger partial charge in [-0.15, -0.1) is 0 Å². The van der Waals surface area contributed by atoms with Crippen molar-refractivity contribution in [3.63, 3.8) is 0 Å². The van der Waals surface area contributed by atoms with Crippen LogP contribution in [-0.4, -0.2) is 25.4 Å². The predicted molar refractivity (Wildman–Crippen MR) is 30.8 cm³/mol. The molecule has 0 amide bonds. The van der Waals surface area contributed by atoms with Crippen molar-refractivity contribution >= 4 is 0 Å². The Balaban J connectivity index is 2.38. The average molecular weight is 114 g/mol. The monoisotopic (exact) mass is 114 g/mol. The van der Waals surface area contributed by atoms with Crippen LogP contribution >= 0.6 is 0 Å². The third kappa shape index (κ3) is 0.767. The molecule has 1 heterocycles. The molecule has 0 spiro atoms. The van der Waals surface area contributed by atoms with Gasteiger partial charge >= 0.3 is 0 Å². The zero-order valence-corrected chi connectivity index (χ0v) is 5.09. The predicted octanol–water partition coefficient (Wildman–Crippen LogP) is -0.0774. The molecule has 0 aromatic rings. The van der Waals surface area contributed by atoms with Crippen molar-refractivity contribution in [3.8, 4) is 0 Å². The zero-order chi connectivity index (χ0) is 5.98. The molecular formula is C5H10N2O. The van der Waals surface area contributed by atoms with E-state index >= 15 is 0 Å². The van der Waals surface area contributed by atoms with Crippen molar-refractivity contribution in [1.82, 2.24) is 10.2 Å². The van der Waals surface area contributed by atoms with Crippen LogP contribution < -0.4 is 5.32 Å². The highest BCUT2D eigenvalue weighted by Crippen LogP contribution is 1.99. The second-order valence-corrected chi connectivity index (χ2v) is 1.74. The summed E-state index contributed by atoms with van der Waals surface area (Å²) in [5, 5.41) is 2.98. The molecule has 0 aromatic heterocycles. The summed E-state index contributed by atoms with van der Waals surface area (Å²) in [6, 6.07) is 0. The van der Waals surface area contributed by atoms with Gasteiger partial charge in [-0.1, -0.05) is 0 Å². The van der Waals surface area contributed by atoms with Gasteiger partial charge in [-0.25, -0.2) is 0 Å². The highest BCUT2D eigenvalue weighted by Gasteiger charge is 2.10. The first-order chi connectivity index (χ1) is 3.84. The van der Waals surface area contributed by atoms with Crippen molar-refractivity contribution in [2.24, 2.45) is 0 Å². The van der Waals surface area contributed by atoms with E-state index in [9.17, 15) is 0 Å². The standard InChI is InChI=1S/C5H10N2O/c1-7-4-3-6-5(7)8-2/h3-6H,1-2H3. The minimum Gasteiger partial charge on any atom is -0.348 e. The molecule has 1 aliphatic rings. The molecule has 8 heavy (non-hydrogen) atoms. The average Bonchev–Trinajstić information content (AvgIpc) is 2.14. The molecular weight excluding hydrogens is 104 g/mol. The maximum absolute atomic E-state index is 4.98. The van der Waals surface area contributed by atoms with Crippen LogP contribution in [0, 0.1) is 0 Å². The topological polar surface area (TPSA) is 24.5 Å². The van der Waals surface area contributed by atoms with Gasteiger partial charge < -0.3 is 15.0 Å². The van der Waals surface area contributed by atoms with E-state index < -0.39 is 0 Å². The van der Waals surface area contributed by atoms with Gasteiger partial charge in [0.15, 0.2) is 0 Å². The summed E-state index contributed by atoms with van der Waals surface area (Å²) >= 11 is 0. The van der Waals surface area contributed by atoms with Gasteiger partial charge in [-0.2, -0.15) is 0 Å². The molecule has 0 saturated carbocycles. The Morgan fingerprint density at radius 3 is 2.75 bits per heavy atom. The third-order valence-corrected chi connectivity index (χ3v) is 1.14. The van der Waals surface area contributed by atoms with Gasteiger partial charge in [0.1, 0.15) is 0 Å².